The molecule has 1 nitrogen and oxygen atoms in total. The van der Waals surface area contributed by atoms with Crippen LogP contribution in [0, 0.1) is 0 Å². The largest absolute Gasteiger partial charge is 0.311 e. The van der Waals surface area contributed by atoms with Crippen molar-refractivity contribution >= 4 is 0 Å². The van der Waals surface area contributed by atoms with E-state index in [0.717, 1.165) is 6.54 Å². The summed E-state index contributed by atoms with van der Waals surface area (Å²) in [6, 6.07) is 0. The first-order chi connectivity index (χ1) is 4.77. The Morgan fingerprint density at radius 1 is 1.50 bits per heavy atom. The van der Waals surface area contributed by atoms with Gasteiger partial charge in [0.05, 0.1) is 0 Å². The topological polar surface area (TPSA) is 12.0 Å². The summed E-state index contributed by atoms with van der Waals surface area (Å²) in [5.41, 5.74) is 0.392. The van der Waals surface area contributed by atoms with E-state index < -0.39 is 0 Å². The summed E-state index contributed by atoms with van der Waals surface area (Å²) < 4.78 is 0. The van der Waals surface area contributed by atoms with Gasteiger partial charge in [0.1, 0.15) is 0 Å². The molecule has 0 bridgehead atoms. The fourth-order valence-electron chi connectivity index (χ4n) is 1.55. The first-order valence-corrected chi connectivity index (χ1v) is 4.17. The van der Waals surface area contributed by atoms with Crippen molar-refractivity contribution in [2.45, 2.75) is 38.6 Å². The maximum atomic E-state index is 3.51. The zero-order chi connectivity index (χ0) is 7.45. The van der Waals surface area contributed by atoms with Crippen LogP contribution < -0.4 is 5.32 Å². The molecule has 1 heteroatoms. The van der Waals surface area contributed by atoms with Gasteiger partial charge in [0.15, 0.2) is 0 Å². The minimum Gasteiger partial charge on any atom is -0.311 e. The molecular formula is C9H17N. The van der Waals surface area contributed by atoms with Gasteiger partial charge in [-0.05, 0) is 32.7 Å². The number of rotatable bonds is 2. The van der Waals surface area contributed by atoms with Crippen molar-refractivity contribution in [3.63, 3.8) is 0 Å². The van der Waals surface area contributed by atoms with Gasteiger partial charge in [-0.15, -0.1) is 0 Å². The Balaban J connectivity index is 2.43. The summed E-state index contributed by atoms with van der Waals surface area (Å²) in [6.45, 7) is 5.56. The van der Waals surface area contributed by atoms with Crippen molar-refractivity contribution < 1.29 is 0 Å². The van der Waals surface area contributed by atoms with Gasteiger partial charge in [0, 0.05) is 5.54 Å². The highest BCUT2D eigenvalue weighted by molar-refractivity contribution is 5.00. The van der Waals surface area contributed by atoms with Crippen LogP contribution in [0.2, 0.25) is 0 Å². The second kappa shape index (κ2) is 3.20. The minimum absolute atomic E-state index is 0.392. The van der Waals surface area contributed by atoms with E-state index in [-0.39, 0.29) is 0 Å². The maximum absolute atomic E-state index is 3.51. The highest BCUT2D eigenvalue weighted by atomic mass is 14.9. The molecule has 1 N–H and O–H groups in total. The van der Waals surface area contributed by atoms with Crippen LogP contribution in [0.1, 0.15) is 33.1 Å². The van der Waals surface area contributed by atoms with E-state index in [4.69, 9.17) is 0 Å². The van der Waals surface area contributed by atoms with Crippen molar-refractivity contribution in [3.05, 3.63) is 12.2 Å². The molecule has 1 aliphatic carbocycles. The fourth-order valence-corrected chi connectivity index (χ4v) is 1.55. The number of hydrogen-bond donors (Lipinski definition) is 1. The van der Waals surface area contributed by atoms with Crippen LogP contribution in [-0.4, -0.2) is 12.1 Å². The fraction of sp³-hybridized carbons (Fsp3) is 0.778. The molecule has 1 atom stereocenters. The first-order valence-electron chi connectivity index (χ1n) is 4.17. The molecule has 0 aromatic rings. The molecule has 0 saturated carbocycles. The summed E-state index contributed by atoms with van der Waals surface area (Å²) in [7, 11) is 0. The smallest absolute Gasteiger partial charge is 0.0190 e. The molecule has 0 aliphatic heterocycles. The first kappa shape index (κ1) is 7.80. The monoisotopic (exact) mass is 139 g/mol. The summed E-state index contributed by atoms with van der Waals surface area (Å²) in [4.78, 5) is 0. The van der Waals surface area contributed by atoms with E-state index >= 15 is 0 Å². The molecule has 0 spiro atoms. The standard InChI is InChI=1S/C9H17N/c1-3-10-9(2)7-5-4-6-8-9/h4-5,10H,3,6-8H2,1-2H3. The predicted molar refractivity (Wildman–Crippen MR) is 45.1 cm³/mol. The van der Waals surface area contributed by atoms with Crippen LogP contribution in [0.3, 0.4) is 0 Å². The third-order valence-corrected chi connectivity index (χ3v) is 2.20. The van der Waals surface area contributed by atoms with E-state index in [1.54, 1.807) is 0 Å². The Kier molecular flexibility index (Phi) is 2.50. The predicted octanol–water partition coefficient (Wildman–Crippen LogP) is 2.09. The van der Waals surface area contributed by atoms with Gasteiger partial charge in [-0.2, -0.15) is 0 Å². The van der Waals surface area contributed by atoms with E-state index in [2.05, 4.69) is 31.3 Å². The molecule has 0 heterocycles. The molecule has 1 rings (SSSR count). The molecular weight excluding hydrogens is 122 g/mol. The van der Waals surface area contributed by atoms with Crippen LogP contribution in [-0.2, 0) is 0 Å². The average molecular weight is 139 g/mol. The number of allylic oxidation sites excluding steroid dienone is 1. The van der Waals surface area contributed by atoms with Crippen molar-refractivity contribution in [2.24, 2.45) is 0 Å². The van der Waals surface area contributed by atoms with Gasteiger partial charge in [-0.25, -0.2) is 0 Å². The number of hydrogen-bond acceptors (Lipinski definition) is 1. The highest BCUT2D eigenvalue weighted by Gasteiger charge is 2.21. The van der Waals surface area contributed by atoms with E-state index in [9.17, 15) is 0 Å². The van der Waals surface area contributed by atoms with E-state index in [1.165, 1.54) is 19.3 Å². The van der Waals surface area contributed by atoms with Crippen molar-refractivity contribution in [2.75, 3.05) is 6.54 Å². The van der Waals surface area contributed by atoms with Gasteiger partial charge >= 0.3 is 0 Å². The molecule has 0 radical (unpaired) electrons. The van der Waals surface area contributed by atoms with Crippen molar-refractivity contribution in [3.8, 4) is 0 Å². The molecule has 0 aromatic heterocycles. The lowest BCUT2D eigenvalue weighted by molar-refractivity contribution is 0.334. The van der Waals surface area contributed by atoms with Gasteiger partial charge < -0.3 is 5.32 Å². The molecule has 0 aromatic carbocycles. The zero-order valence-corrected chi connectivity index (χ0v) is 6.98. The van der Waals surface area contributed by atoms with Crippen molar-refractivity contribution in [1.82, 2.24) is 5.32 Å². The maximum Gasteiger partial charge on any atom is 0.0190 e. The van der Waals surface area contributed by atoms with Gasteiger partial charge in [-0.3, -0.25) is 0 Å². The Morgan fingerprint density at radius 2 is 2.30 bits per heavy atom. The van der Waals surface area contributed by atoms with Crippen molar-refractivity contribution in [1.29, 1.82) is 0 Å². The molecule has 0 amide bonds. The second-order valence-corrected chi connectivity index (χ2v) is 3.31. The summed E-state index contributed by atoms with van der Waals surface area (Å²) >= 11 is 0. The van der Waals surface area contributed by atoms with Crippen LogP contribution in [0.4, 0.5) is 0 Å². The van der Waals surface area contributed by atoms with Gasteiger partial charge in [0.25, 0.3) is 0 Å². The molecule has 0 fully saturated rings. The minimum atomic E-state index is 0.392. The lowest BCUT2D eigenvalue weighted by Gasteiger charge is -2.31. The van der Waals surface area contributed by atoms with Gasteiger partial charge in [0.2, 0.25) is 0 Å². The highest BCUT2D eigenvalue weighted by Crippen LogP contribution is 2.21. The Bertz CT molecular complexity index is 129. The molecule has 0 saturated heterocycles. The molecule has 10 heavy (non-hydrogen) atoms. The van der Waals surface area contributed by atoms with Crippen LogP contribution in [0.25, 0.3) is 0 Å². The lowest BCUT2D eigenvalue weighted by atomic mass is 9.88. The Hall–Kier alpha value is -0.300. The normalized spacial score (nSPS) is 32.6. The summed E-state index contributed by atoms with van der Waals surface area (Å²) in [5.74, 6) is 0. The Morgan fingerprint density at radius 3 is 2.80 bits per heavy atom. The van der Waals surface area contributed by atoms with Crippen LogP contribution in [0.5, 0.6) is 0 Å². The van der Waals surface area contributed by atoms with E-state index in [1.807, 2.05) is 0 Å². The third kappa shape index (κ3) is 1.84. The summed E-state index contributed by atoms with van der Waals surface area (Å²) in [5, 5.41) is 3.51. The molecule has 1 aliphatic rings. The van der Waals surface area contributed by atoms with E-state index in [0.29, 0.717) is 5.54 Å². The van der Waals surface area contributed by atoms with Gasteiger partial charge in [-0.1, -0.05) is 19.1 Å². The van der Waals surface area contributed by atoms with Crippen LogP contribution in [0.15, 0.2) is 12.2 Å². The summed E-state index contributed by atoms with van der Waals surface area (Å²) in [6.07, 6.45) is 8.28. The lowest BCUT2D eigenvalue weighted by Crippen LogP contribution is -2.42. The molecule has 1 unspecified atom stereocenters. The third-order valence-electron chi connectivity index (χ3n) is 2.20. The second-order valence-electron chi connectivity index (χ2n) is 3.31. The number of nitrogens with one attached hydrogen (secondary N) is 1. The average Bonchev–Trinajstić information content (AvgIpc) is 1.89. The Labute approximate surface area is 63.5 Å². The molecule has 58 valence electrons. The van der Waals surface area contributed by atoms with Crippen LogP contribution >= 0.6 is 0 Å². The quantitative estimate of drug-likeness (QED) is 0.578. The zero-order valence-electron chi connectivity index (χ0n) is 6.98. The SMILES string of the molecule is CCNC1(C)CC=CCC1.